The third-order valence-electron chi connectivity index (χ3n) is 2.37. The summed E-state index contributed by atoms with van der Waals surface area (Å²) in [6, 6.07) is 2.16. The fraction of sp³-hybridized carbons (Fsp3) is 0.500. The van der Waals surface area contributed by atoms with E-state index in [4.69, 9.17) is 0 Å². The van der Waals surface area contributed by atoms with Gasteiger partial charge >= 0.3 is 0 Å². The van der Waals surface area contributed by atoms with E-state index in [-0.39, 0.29) is 5.91 Å². The van der Waals surface area contributed by atoms with Crippen LogP contribution in [0.3, 0.4) is 0 Å². The molecule has 0 bridgehead atoms. The predicted octanol–water partition coefficient (Wildman–Crippen LogP) is 2.97. The van der Waals surface area contributed by atoms with Gasteiger partial charge in [0.05, 0.1) is 4.88 Å². The molecule has 0 saturated heterocycles. The second-order valence-electron chi connectivity index (χ2n) is 3.91. The molecule has 1 N–H and O–H groups in total. The Hall–Kier alpha value is -1.27. The zero-order chi connectivity index (χ0) is 12.5. The molecule has 0 spiro atoms. The van der Waals surface area contributed by atoms with Gasteiger partial charge in [0.15, 0.2) is 0 Å². The maximum Gasteiger partial charge on any atom is 0.216 e. The summed E-state index contributed by atoms with van der Waals surface area (Å²) in [6.45, 7) is 4.36. The zero-order valence-corrected chi connectivity index (χ0v) is 11.3. The molecule has 1 heterocycles. The van der Waals surface area contributed by atoms with E-state index in [0.717, 1.165) is 6.42 Å². The van der Waals surface area contributed by atoms with Gasteiger partial charge in [-0.05, 0) is 29.9 Å². The highest BCUT2D eigenvalue weighted by Crippen LogP contribution is 2.17. The molecule has 0 aliphatic carbocycles. The molecule has 3 heteroatoms. The summed E-state index contributed by atoms with van der Waals surface area (Å²) in [6.07, 6.45) is 4.27. The lowest BCUT2D eigenvalue weighted by Crippen LogP contribution is -2.20. The molecule has 0 aliphatic heterocycles. The lowest BCUT2D eigenvalue weighted by molar-refractivity contribution is -0.118. The van der Waals surface area contributed by atoms with Gasteiger partial charge in [0.25, 0.3) is 0 Å². The molecule has 0 saturated carbocycles. The van der Waals surface area contributed by atoms with Gasteiger partial charge in [0.2, 0.25) is 5.91 Å². The second kappa shape index (κ2) is 7.92. The molecule has 92 valence electrons. The topological polar surface area (TPSA) is 29.1 Å². The molecule has 2 nitrogen and oxygen atoms in total. The minimum atomic E-state index is 0.00607. The van der Waals surface area contributed by atoms with Crippen LogP contribution in [-0.2, 0) is 11.2 Å². The number of carbonyl (C=O) groups excluding carboxylic acids is 1. The van der Waals surface area contributed by atoms with E-state index >= 15 is 0 Å². The Morgan fingerprint density at radius 2 is 2.35 bits per heavy atom. The maximum absolute atomic E-state index is 10.7. The molecule has 0 atom stereocenters. The number of aryl methyl sites for hydroxylation is 1. The first-order valence-electron chi connectivity index (χ1n) is 6.03. The van der Waals surface area contributed by atoms with Crippen LogP contribution < -0.4 is 5.32 Å². The summed E-state index contributed by atoms with van der Waals surface area (Å²) >= 11 is 1.70. The van der Waals surface area contributed by atoms with Crippen molar-refractivity contribution < 1.29 is 4.79 Å². The zero-order valence-electron chi connectivity index (χ0n) is 10.5. The quantitative estimate of drug-likeness (QED) is 0.631. The van der Waals surface area contributed by atoms with Crippen LogP contribution in [0.5, 0.6) is 0 Å². The monoisotopic (exact) mass is 249 g/mol. The van der Waals surface area contributed by atoms with E-state index in [0.29, 0.717) is 13.0 Å². The maximum atomic E-state index is 10.7. The van der Waals surface area contributed by atoms with Crippen molar-refractivity contribution in [1.29, 1.82) is 0 Å². The number of carbonyl (C=O) groups is 1. The van der Waals surface area contributed by atoms with E-state index in [2.05, 4.69) is 35.5 Å². The van der Waals surface area contributed by atoms with Gasteiger partial charge in [0, 0.05) is 19.9 Å². The minimum absolute atomic E-state index is 0.00607. The molecule has 17 heavy (non-hydrogen) atoms. The molecule has 0 aliphatic rings. The molecule has 0 aromatic carbocycles. The molecule has 1 rings (SSSR count). The summed E-state index contributed by atoms with van der Waals surface area (Å²) in [5, 5.41) is 4.84. The third kappa shape index (κ3) is 5.55. The average Bonchev–Trinajstić information content (AvgIpc) is 2.73. The van der Waals surface area contributed by atoms with E-state index in [9.17, 15) is 4.79 Å². The summed E-state index contributed by atoms with van der Waals surface area (Å²) in [7, 11) is 0. The van der Waals surface area contributed by atoms with Gasteiger partial charge in [-0.25, -0.2) is 0 Å². The smallest absolute Gasteiger partial charge is 0.216 e. The number of unbranched alkanes of at least 4 members (excludes halogenated alkanes) is 1. The molecule has 0 fully saturated rings. The first-order chi connectivity index (χ1) is 8.24. The predicted molar refractivity (Wildman–Crippen MR) is 73.1 cm³/mol. The molecule has 1 aromatic heterocycles. The van der Waals surface area contributed by atoms with Crippen molar-refractivity contribution in [3.05, 3.63) is 21.9 Å². The lowest BCUT2D eigenvalue weighted by atomic mass is 10.1. The third-order valence-corrected chi connectivity index (χ3v) is 3.24. The molecule has 0 radical (unpaired) electrons. The van der Waals surface area contributed by atoms with Crippen molar-refractivity contribution in [2.75, 3.05) is 6.54 Å². The fourth-order valence-electron chi connectivity index (χ4n) is 1.45. The van der Waals surface area contributed by atoms with Crippen LogP contribution in [0.2, 0.25) is 0 Å². The SMILES string of the molecule is CCCCc1ccsc1C#CCCNC(C)=O. The highest BCUT2D eigenvalue weighted by molar-refractivity contribution is 7.10. The lowest BCUT2D eigenvalue weighted by Gasteiger charge is -1.96. The minimum Gasteiger partial charge on any atom is -0.355 e. The van der Waals surface area contributed by atoms with E-state index in [1.807, 2.05) is 0 Å². The molecular formula is C14H19NOS. The summed E-state index contributed by atoms with van der Waals surface area (Å²) in [5.41, 5.74) is 1.36. The Balaban J connectivity index is 2.42. The summed E-state index contributed by atoms with van der Waals surface area (Å²) in [4.78, 5) is 11.8. The molecule has 1 aromatic rings. The van der Waals surface area contributed by atoms with Gasteiger partial charge in [-0.15, -0.1) is 11.3 Å². The Morgan fingerprint density at radius 1 is 1.53 bits per heavy atom. The highest BCUT2D eigenvalue weighted by atomic mass is 32.1. The van der Waals surface area contributed by atoms with Crippen LogP contribution in [0.1, 0.15) is 43.6 Å². The van der Waals surface area contributed by atoms with Gasteiger partial charge in [0.1, 0.15) is 0 Å². The number of rotatable bonds is 5. The number of hydrogen-bond acceptors (Lipinski definition) is 2. The fourth-order valence-corrected chi connectivity index (χ4v) is 2.27. The van der Waals surface area contributed by atoms with Crippen molar-refractivity contribution >= 4 is 17.2 Å². The van der Waals surface area contributed by atoms with Crippen LogP contribution in [0.25, 0.3) is 0 Å². The van der Waals surface area contributed by atoms with Gasteiger partial charge in [-0.3, -0.25) is 4.79 Å². The Bertz CT molecular complexity index is 411. The number of hydrogen-bond donors (Lipinski definition) is 1. The highest BCUT2D eigenvalue weighted by Gasteiger charge is 2.00. The Kier molecular flexibility index (Phi) is 6.42. The van der Waals surface area contributed by atoms with Crippen LogP contribution in [-0.4, -0.2) is 12.5 Å². The Labute approximate surface area is 107 Å². The van der Waals surface area contributed by atoms with Crippen molar-refractivity contribution in [2.24, 2.45) is 0 Å². The van der Waals surface area contributed by atoms with E-state index < -0.39 is 0 Å². The van der Waals surface area contributed by atoms with E-state index in [1.165, 1.54) is 30.2 Å². The van der Waals surface area contributed by atoms with Crippen molar-refractivity contribution in [1.82, 2.24) is 5.32 Å². The van der Waals surface area contributed by atoms with Gasteiger partial charge in [-0.2, -0.15) is 0 Å². The summed E-state index contributed by atoms with van der Waals surface area (Å²) in [5.74, 6) is 6.30. The Morgan fingerprint density at radius 3 is 3.06 bits per heavy atom. The molecular weight excluding hydrogens is 230 g/mol. The first-order valence-corrected chi connectivity index (χ1v) is 6.91. The van der Waals surface area contributed by atoms with Crippen molar-refractivity contribution in [2.45, 2.75) is 39.5 Å². The van der Waals surface area contributed by atoms with Crippen LogP contribution in [0.4, 0.5) is 0 Å². The van der Waals surface area contributed by atoms with E-state index in [1.54, 1.807) is 11.3 Å². The summed E-state index contributed by atoms with van der Waals surface area (Å²) < 4.78 is 0. The normalized spacial score (nSPS) is 9.53. The number of nitrogens with one attached hydrogen (secondary N) is 1. The largest absolute Gasteiger partial charge is 0.355 e. The first kappa shape index (κ1) is 13.8. The van der Waals surface area contributed by atoms with Crippen LogP contribution >= 0.6 is 11.3 Å². The molecule has 0 unspecified atom stereocenters. The van der Waals surface area contributed by atoms with Crippen LogP contribution in [0.15, 0.2) is 11.4 Å². The van der Waals surface area contributed by atoms with Crippen LogP contribution in [0, 0.1) is 11.8 Å². The van der Waals surface area contributed by atoms with Crippen molar-refractivity contribution in [3.63, 3.8) is 0 Å². The van der Waals surface area contributed by atoms with Gasteiger partial charge in [-0.1, -0.05) is 25.2 Å². The average molecular weight is 249 g/mol. The number of thiophene rings is 1. The second-order valence-corrected chi connectivity index (χ2v) is 4.83. The standard InChI is InChI=1S/C14H19NOS/c1-3-4-7-13-9-11-17-14(13)8-5-6-10-15-12(2)16/h9,11H,3-4,6-7,10H2,1-2H3,(H,15,16). The number of amides is 1. The van der Waals surface area contributed by atoms with Crippen molar-refractivity contribution in [3.8, 4) is 11.8 Å². The molecule has 1 amide bonds. The van der Waals surface area contributed by atoms with Gasteiger partial charge < -0.3 is 5.32 Å².